The van der Waals surface area contributed by atoms with Gasteiger partial charge in [-0.3, -0.25) is 14.9 Å². The average Bonchev–Trinajstić information content (AvgIpc) is 3.00. The highest BCUT2D eigenvalue weighted by Crippen LogP contribution is 2.42. The fourth-order valence-corrected chi connectivity index (χ4v) is 3.97. The summed E-state index contributed by atoms with van der Waals surface area (Å²) in [5.41, 5.74) is 2.44. The zero-order valence-corrected chi connectivity index (χ0v) is 12.6. The summed E-state index contributed by atoms with van der Waals surface area (Å²) in [5.74, 6) is 0.286. The molecule has 1 saturated carbocycles. The van der Waals surface area contributed by atoms with E-state index in [4.69, 9.17) is 0 Å². The number of aryl methyl sites for hydroxylation is 1. The Morgan fingerprint density at radius 2 is 1.76 bits per heavy atom. The standard InChI is InChI=1S/C18H23NO2/c1-2-12-7-9-13(10-8-12)15-11-16(20)19-18(21)17(15)14-5-3-4-6-14/h7-10,14-15,17H,2-6,11H2,1H3,(H,19,20,21). The van der Waals surface area contributed by atoms with Crippen molar-refractivity contribution in [3.05, 3.63) is 35.4 Å². The van der Waals surface area contributed by atoms with Crippen LogP contribution in [-0.2, 0) is 16.0 Å². The summed E-state index contributed by atoms with van der Waals surface area (Å²) in [6.45, 7) is 2.13. The van der Waals surface area contributed by atoms with Crippen molar-refractivity contribution >= 4 is 11.8 Å². The smallest absolute Gasteiger partial charge is 0.230 e. The summed E-state index contributed by atoms with van der Waals surface area (Å²) < 4.78 is 0. The van der Waals surface area contributed by atoms with Gasteiger partial charge in [0.15, 0.2) is 0 Å². The van der Waals surface area contributed by atoms with Gasteiger partial charge in [0.2, 0.25) is 11.8 Å². The number of nitrogens with one attached hydrogen (secondary N) is 1. The third-order valence-corrected chi connectivity index (χ3v) is 5.13. The van der Waals surface area contributed by atoms with E-state index >= 15 is 0 Å². The summed E-state index contributed by atoms with van der Waals surface area (Å²) in [4.78, 5) is 24.2. The summed E-state index contributed by atoms with van der Waals surface area (Å²) in [5, 5.41) is 2.55. The number of rotatable bonds is 3. The topological polar surface area (TPSA) is 46.2 Å². The van der Waals surface area contributed by atoms with Crippen LogP contribution in [-0.4, -0.2) is 11.8 Å². The van der Waals surface area contributed by atoms with Crippen molar-refractivity contribution in [2.75, 3.05) is 0 Å². The second-order valence-corrected chi connectivity index (χ2v) is 6.39. The average molecular weight is 285 g/mol. The molecule has 2 fully saturated rings. The molecule has 2 amide bonds. The van der Waals surface area contributed by atoms with Crippen LogP contribution in [0, 0.1) is 11.8 Å². The lowest BCUT2D eigenvalue weighted by atomic mass is 9.73. The van der Waals surface area contributed by atoms with Gasteiger partial charge in [-0.2, -0.15) is 0 Å². The predicted octanol–water partition coefficient (Wildman–Crippen LogP) is 3.19. The molecule has 1 saturated heterocycles. The van der Waals surface area contributed by atoms with E-state index in [2.05, 4.69) is 36.5 Å². The van der Waals surface area contributed by atoms with Gasteiger partial charge < -0.3 is 0 Å². The Morgan fingerprint density at radius 3 is 2.38 bits per heavy atom. The molecule has 3 heteroatoms. The minimum absolute atomic E-state index is 0.0299. The number of imide groups is 1. The number of benzene rings is 1. The Balaban J connectivity index is 1.90. The molecule has 1 aromatic carbocycles. The van der Waals surface area contributed by atoms with Crippen LogP contribution in [0.25, 0.3) is 0 Å². The Morgan fingerprint density at radius 1 is 1.10 bits per heavy atom. The van der Waals surface area contributed by atoms with Crippen LogP contribution in [0.5, 0.6) is 0 Å². The predicted molar refractivity (Wildman–Crippen MR) is 81.8 cm³/mol. The summed E-state index contributed by atoms with van der Waals surface area (Å²) in [7, 11) is 0. The lowest BCUT2D eigenvalue weighted by Crippen LogP contribution is -2.47. The molecule has 1 aliphatic carbocycles. The normalized spacial score (nSPS) is 26.9. The number of hydrogen-bond donors (Lipinski definition) is 1. The summed E-state index contributed by atoms with van der Waals surface area (Å²) in [6, 6.07) is 8.46. The van der Waals surface area contributed by atoms with Crippen LogP contribution in [0.1, 0.15) is 56.1 Å². The largest absolute Gasteiger partial charge is 0.296 e. The first-order valence-corrected chi connectivity index (χ1v) is 8.11. The molecule has 3 rings (SSSR count). The molecule has 1 aromatic rings. The summed E-state index contributed by atoms with van der Waals surface area (Å²) in [6.07, 6.45) is 6.12. The third-order valence-electron chi connectivity index (χ3n) is 5.13. The van der Waals surface area contributed by atoms with Gasteiger partial charge in [-0.05, 0) is 36.3 Å². The first-order valence-electron chi connectivity index (χ1n) is 8.11. The van der Waals surface area contributed by atoms with E-state index in [0.717, 1.165) is 24.8 Å². The minimum atomic E-state index is -0.126. The van der Waals surface area contributed by atoms with Gasteiger partial charge in [-0.1, -0.05) is 44.0 Å². The van der Waals surface area contributed by atoms with Gasteiger partial charge in [0.05, 0.1) is 0 Å². The van der Waals surface area contributed by atoms with Gasteiger partial charge in [0.25, 0.3) is 0 Å². The van der Waals surface area contributed by atoms with E-state index in [-0.39, 0.29) is 23.7 Å². The molecule has 2 unspecified atom stereocenters. The van der Waals surface area contributed by atoms with Crippen LogP contribution in [0.15, 0.2) is 24.3 Å². The molecule has 0 aromatic heterocycles. The zero-order valence-electron chi connectivity index (χ0n) is 12.6. The SMILES string of the molecule is CCc1ccc(C2CC(=O)NC(=O)C2C2CCCC2)cc1. The van der Waals surface area contributed by atoms with Crippen LogP contribution in [0.3, 0.4) is 0 Å². The van der Waals surface area contributed by atoms with Crippen molar-refractivity contribution in [2.24, 2.45) is 11.8 Å². The highest BCUT2D eigenvalue weighted by Gasteiger charge is 2.42. The number of hydrogen-bond acceptors (Lipinski definition) is 2. The fourth-order valence-electron chi connectivity index (χ4n) is 3.97. The molecule has 0 bridgehead atoms. The molecule has 3 nitrogen and oxygen atoms in total. The van der Waals surface area contributed by atoms with Gasteiger partial charge in [0.1, 0.15) is 0 Å². The highest BCUT2D eigenvalue weighted by molar-refractivity contribution is 6.00. The van der Waals surface area contributed by atoms with Crippen LogP contribution < -0.4 is 5.32 Å². The highest BCUT2D eigenvalue weighted by atomic mass is 16.2. The van der Waals surface area contributed by atoms with E-state index in [1.165, 1.54) is 18.4 Å². The quantitative estimate of drug-likeness (QED) is 0.867. The van der Waals surface area contributed by atoms with Gasteiger partial charge in [-0.15, -0.1) is 0 Å². The van der Waals surface area contributed by atoms with Crippen LogP contribution >= 0.6 is 0 Å². The second kappa shape index (κ2) is 6.00. The lowest BCUT2D eigenvalue weighted by Gasteiger charge is -2.34. The van der Waals surface area contributed by atoms with Crippen molar-refractivity contribution in [3.8, 4) is 0 Å². The molecule has 0 spiro atoms. The summed E-state index contributed by atoms with van der Waals surface area (Å²) >= 11 is 0. The maximum atomic E-state index is 12.4. The van der Waals surface area contributed by atoms with Crippen molar-refractivity contribution in [1.82, 2.24) is 5.32 Å². The van der Waals surface area contributed by atoms with E-state index < -0.39 is 0 Å². The molecule has 1 heterocycles. The van der Waals surface area contributed by atoms with Gasteiger partial charge in [0, 0.05) is 18.3 Å². The second-order valence-electron chi connectivity index (χ2n) is 6.39. The van der Waals surface area contributed by atoms with Crippen molar-refractivity contribution in [1.29, 1.82) is 0 Å². The molecule has 1 aliphatic heterocycles. The Bertz CT molecular complexity index is 529. The first kappa shape index (κ1) is 14.3. The maximum Gasteiger partial charge on any atom is 0.230 e. The Kier molecular flexibility index (Phi) is 4.09. The van der Waals surface area contributed by atoms with Crippen molar-refractivity contribution < 1.29 is 9.59 Å². The number of carbonyl (C=O) groups is 2. The molecule has 21 heavy (non-hydrogen) atoms. The van der Waals surface area contributed by atoms with E-state index in [1.807, 2.05) is 0 Å². The van der Waals surface area contributed by atoms with Gasteiger partial charge >= 0.3 is 0 Å². The van der Waals surface area contributed by atoms with Crippen LogP contribution in [0.4, 0.5) is 0 Å². The third kappa shape index (κ3) is 2.87. The van der Waals surface area contributed by atoms with Crippen molar-refractivity contribution in [3.63, 3.8) is 0 Å². The van der Waals surface area contributed by atoms with E-state index in [9.17, 15) is 9.59 Å². The molecule has 2 atom stereocenters. The minimum Gasteiger partial charge on any atom is -0.296 e. The van der Waals surface area contributed by atoms with E-state index in [0.29, 0.717) is 12.3 Å². The van der Waals surface area contributed by atoms with Crippen LogP contribution in [0.2, 0.25) is 0 Å². The molecular weight excluding hydrogens is 262 g/mol. The first-order chi connectivity index (χ1) is 10.2. The number of amides is 2. The van der Waals surface area contributed by atoms with Crippen molar-refractivity contribution in [2.45, 2.75) is 51.4 Å². The molecular formula is C18H23NO2. The molecule has 112 valence electrons. The number of piperidine rings is 1. The monoisotopic (exact) mass is 285 g/mol. The number of carbonyl (C=O) groups excluding carboxylic acids is 2. The maximum absolute atomic E-state index is 12.4. The lowest BCUT2D eigenvalue weighted by molar-refractivity contribution is -0.138. The molecule has 2 aliphatic rings. The Labute approximate surface area is 126 Å². The fraction of sp³-hybridized carbons (Fsp3) is 0.556. The zero-order chi connectivity index (χ0) is 14.8. The van der Waals surface area contributed by atoms with Gasteiger partial charge in [-0.25, -0.2) is 0 Å². The van der Waals surface area contributed by atoms with E-state index in [1.54, 1.807) is 0 Å². The Hall–Kier alpha value is -1.64. The molecule has 1 N–H and O–H groups in total. The molecule has 0 radical (unpaired) electrons.